The highest BCUT2D eigenvalue weighted by molar-refractivity contribution is 5.76. The second-order valence-corrected chi connectivity index (χ2v) is 8.40. The number of ether oxygens (including phenoxy) is 1. The molecular weight excluding hydrogens is 409 g/mol. The molecule has 2 fully saturated rings. The van der Waals surface area contributed by atoms with Gasteiger partial charge in [0.15, 0.2) is 11.6 Å². The smallest absolute Gasteiger partial charge is 0.282 e. The molecule has 0 aliphatic carbocycles. The van der Waals surface area contributed by atoms with Crippen LogP contribution in [0.2, 0.25) is 0 Å². The standard InChI is InChI=1S/C22H25F3N4O2/c1-14(9-15(2)30)16-3-5-17(6-4-16)31-18-7-8-28(11-18)20-19(23)10-26-21(27-20)29-12-22(24,25)13-29/h3-6,10,14,18H,7-9,11-13H2,1-2H3/t14-,18-/m1/s1. The molecule has 2 atom stereocenters. The summed E-state index contributed by atoms with van der Waals surface area (Å²) >= 11 is 0. The molecule has 9 heteroatoms. The molecule has 0 N–H and O–H groups in total. The van der Waals surface area contributed by atoms with Gasteiger partial charge in [-0.15, -0.1) is 0 Å². The third kappa shape index (κ3) is 4.91. The van der Waals surface area contributed by atoms with Crippen LogP contribution in [0.1, 0.15) is 38.2 Å². The second kappa shape index (κ2) is 8.36. The van der Waals surface area contributed by atoms with Crippen LogP contribution in [0.25, 0.3) is 0 Å². The predicted octanol–water partition coefficient (Wildman–Crippen LogP) is 3.81. The number of Topliss-reactive ketones (excluding diaryl/α,β-unsaturated/α-hetero) is 1. The molecule has 2 aliphatic rings. The largest absolute Gasteiger partial charge is 0.489 e. The molecule has 1 aromatic heterocycles. The Morgan fingerprint density at radius 2 is 1.97 bits per heavy atom. The number of aromatic nitrogens is 2. The van der Waals surface area contributed by atoms with Gasteiger partial charge >= 0.3 is 0 Å². The Hall–Kier alpha value is -2.84. The van der Waals surface area contributed by atoms with Crippen molar-refractivity contribution >= 4 is 17.5 Å². The molecule has 6 nitrogen and oxygen atoms in total. The van der Waals surface area contributed by atoms with Crippen LogP contribution < -0.4 is 14.5 Å². The zero-order valence-corrected chi connectivity index (χ0v) is 17.5. The number of nitrogens with zero attached hydrogens (tertiary/aromatic N) is 4. The molecule has 0 amide bonds. The number of halogens is 3. The van der Waals surface area contributed by atoms with E-state index in [9.17, 15) is 18.0 Å². The van der Waals surface area contributed by atoms with Crippen molar-refractivity contribution in [3.8, 4) is 5.75 Å². The van der Waals surface area contributed by atoms with Gasteiger partial charge in [-0.05, 0) is 30.5 Å². The van der Waals surface area contributed by atoms with E-state index in [0.29, 0.717) is 31.7 Å². The van der Waals surface area contributed by atoms with E-state index in [4.69, 9.17) is 4.74 Å². The summed E-state index contributed by atoms with van der Waals surface area (Å²) in [6.45, 7) is 3.67. The molecule has 0 saturated carbocycles. The van der Waals surface area contributed by atoms with Crippen molar-refractivity contribution in [3.05, 3.63) is 41.8 Å². The van der Waals surface area contributed by atoms with E-state index >= 15 is 0 Å². The topological polar surface area (TPSA) is 58.6 Å². The van der Waals surface area contributed by atoms with Crippen LogP contribution in [0, 0.1) is 5.82 Å². The minimum atomic E-state index is -2.75. The summed E-state index contributed by atoms with van der Waals surface area (Å²) in [5.41, 5.74) is 1.07. The number of anilines is 2. The van der Waals surface area contributed by atoms with Gasteiger partial charge in [0.2, 0.25) is 5.95 Å². The average Bonchev–Trinajstić information content (AvgIpc) is 3.14. The third-order valence-electron chi connectivity index (χ3n) is 5.63. The highest BCUT2D eigenvalue weighted by atomic mass is 19.3. The van der Waals surface area contributed by atoms with E-state index in [1.807, 2.05) is 31.2 Å². The lowest BCUT2D eigenvalue weighted by atomic mass is 9.96. The first-order valence-corrected chi connectivity index (χ1v) is 10.4. The van der Waals surface area contributed by atoms with Gasteiger partial charge in [0.1, 0.15) is 17.6 Å². The van der Waals surface area contributed by atoms with Crippen LogP contribution in [0.3, 0.4) is 0 Å². The predicted molar refractivity (Wildman–Crippen MR) is 111 cm³/mol. The molecule has 2 saturated heterocycles. The summed E-state index contributed by atoms with van der Waals surface area (Å²) in [7, 11) is 0. The summed E-state index contributed by atoms with van der Waals surface area (Å²) in [6.07, 6.45) is 2.07. The first-order chi connectivity index (χ1) is 14.7. The van der Waals surface area contributed by atoms with Gasteiger partial charge in [-0.1, -0.05) is 19.1 Å². The lowest BCUT2D eigenvalue weighted by molar-refractivity contribution is -0.117. The summed E-state index contributed by atoms with van der Waals surface area (Å²) in [5.74, 6) is -2.10. The summed E-state index contributed by atoms with van der Waals surface area (Å²) in [5, 5.41) is 0. The van der Waals surface area contributed by atoms with Gasteiger partial charge in [-0.25, -0.2) is 18.2 Å². The van der Waals surface area contributed by atoms with Gasteiger partial charge in [0.25, 0.3) is 5.92 Å². The van der Waals surface area contributed by atoms with Gasteiger partial charge in [0, 0.05) is 19.4 Å². The van der Waals surface area contributed by atoms with E-state index in [-0.39, 0.29) is 29.6 Å². The maximum Gasteiger partial charge on any atom is 0.282 e. The number of carbonyl (C=O) groups excluding carboxylic acids is 1. The summed E-state index contributed by atoms with van der Waals surface area (Å²) < 4.78 is 46.6. The van der Waals surface area contributed by atoms with E-state index < -0.39 is 24.8 Å². The van der Waals surface area contributed by atoms with Crippen LogP contribution in [-0.4, -0.2) is 54.0 Å². The van der Waals surface area contributed by atoms with E-state index in [0.717, 1.165) is 11.8 Å². The highest BCUT2D eigenvalue weighted by Crippen LogP contribution is 2.32. The first-order valence-electron chi connectivity index (χ1n) is 10.4. The molecule has 0 spiro atoms. The molecule has 0 unspecified atom stereocenters. The van der Waals surface area contributed by atoms with E-state index in [2.05, 4.69) is 9.97 Å². The molecule has 0 radical (unpaired) electrons. The SMILES string of the molecule is CC(=O)C[C@@H](C)c1ccc(O[C@@H]2CCN(c3nc(N4CC(F)(F)C4)ncc3F)C2)cc1. The lowest BCUT2D eigenvalue weighted by Gasteiger charge is -2.38. The van der Waals surface area contributed by atoms with Crippen LogP contribution in [0.5, 0.6) is 5.75 Å². The monoisotopic (exact) mass is 434 g/mol. The van der Waals surface area contributed by atoms with Gasteiger partial charge in [0.05, 0.1) is 25.8 Å². The highest BCUT2D eigenvalue weighted by Gasteiger charge is 2.45. The van der Waals surface area contributed by atoms with Gasteiger partial charge in [-0.3, -0.25) is 0 Å². The van der Waals surface area contributed by atoms with Crippen molar-refractivity contribution in [1.29, 1.82) is 0 Å². The molecule has 0 bridgehead atoms. The van der Waals surface area contributed by atoms with Crippen molar-refractivity contribution in [1.82, 2.24) is 9.97 Å². The quantitative estimate of drug-likeness (QED) is 0.661. The third-order valence-corrected chi connectivity index (χ3v) is 5.63. The molecule has 2 aromatic rings. The number of carbonyl (C=O) groups is 1. The Labute approximate surface area is 179 Å². The van der Waals surface area contributed by atoms with Gasteiger partial charge < -0.3 is 19.3 Å². The van der Waals surface area contributed by atoms with Crippen molar-refractivity contribution in [3.63, 3.8) is 0 Å². The number of ketones is 1. The maximum atomic E-state index is 14.3. The Morgan fingerprint density at radius 3 is 2.61 bits per heavy atom. The van der Waals surface area contributed by atoms with Crippen LogP contribution >= 0.6 is 0 Å². The lowest BCUT2D eigenvalue weighted by Crippen LogP contribution is -2.57. The first kappa shape index (κ1) is 21.4. The summed E-state index contributed by atoms with van der Waals surface area (Å²) in [4.78, 5) is 22.4. The molecule has 3 heterocycles. The zero-order chi connectivity index (χ0) is 22.2. The zero-order valence-electron chi connectivity index (χ0n) is 17.5. The Bertz CT molecular complexity index is 946. The molecule has 1 aromatic carbocycles. The normalized spacial score (nSPS) is 21.0. The molecule has 166 valence electrons. The number of benzene rings is 1. The molecule has 2 aliphatic heterocycles. The molecule has 4 rings (SSSR count). The number of rotatable bonds is 7. The van der Waals surface area contributed by atoms with Crippen LogP contribution in [-0.2, 0) is 4.79 Å². The second-order valence-electron chi connectivity index (χ2n) is 8.40. The van der Waals surface area contributed by atoms with Crippen molar-refractivity contribution in [2.45, 2.75) is 44.6 Å². The fourth-order valence-electron chi connectivity index (χ4n) is 4.01. The Morgan fingerprint density at radius 1 is 1.26 bits per heavy atom. The Kier molecular flexibility index (Phi) is 5.77. The number of hydrogen-bond acceptors (Lipinski definition) is 6. The van der Waals surface area contributed by atoms with Crippen LogP contribution in [0.15, 0.2) is 30.5 Å². The summed E-state index contributed by atoms with van der Waals surface area (Å²) in [6, 6.07) is 7.66. The maximum absolute atomic E-state index is 14.3. The van der Waals surface area contributed by atoms with Crippen molar-refractivity contribution in [2.75, 3.05) is 36.0 Å². The van der Waals surface area contributed by atoms with E-state index in [1.165, 1.54) is 4.90 Å². The minimum absolute atomic E-state index is 0.111. The Balaban J connectivity index is 1.37. The number of hydrogen-bond donors (Lipinski definition) is 0. The minimum Gasteiger partial charge on any atom is -0.489 e. The molecular formula is C22H25F3N4O2. The van der Waals surface area contributed by atoms with Gasteiger partial charge in [-0.2, -0.15) is 4.98 Å². The van der Waals surface area contributed by atoms with Crippen molar-refractivity contribution < 1.29 is 22.7 Å². The average molecular weight is 434 g/mol. The van der Waals surface area contributed by atoms with E-state index in [1.54, 1.807) is 11.8 Å². The van der Waals surface area contributed by atoms with Crippen LogP contribution in [0.4, 0.5) is 24.9 Å². The fraction of sp³-hybridized carbons (Fsp3) is 0.500. The fourth-order valence-corrected chi connectivity index (χ4v) is 4.01. The number of alkyl halides is 2. The van der Waals surface area contributed by atoms with Crippen molar-refractivity contribution in [2.24, 2.45) is 0 Å². The molecule has 31 heavy (non-hydrogen) atoms.